The molecule has 2 N–H and O–H groups in total. The number of nitrogen functional groups attached to an aromatic ring is 1. The molecule has 3 nitrogen and oxygen atoms in total. The molecule has 0 amide bonds. The second-order valence-electron chi connectivity index (χ2n) is 4.38. The molecule has 1 heterocycles. The summed E-state index contributed by atoms with van der Waals surface area (Å²) in [6.07, 6.45) is -1.23. The minimum atomic E-state index is -4.21. The zero-order valence-corrected chi connectivity index (χ0v) is 9.46. The summed E-state index contributed by atoms with van der Waals surface area (Å²) >= 11 is 0. The standard InChI is InChI=1S/C11H14F3N3/c1-7-4-8(15)5-16-10(7)17(9-2-3-9)6-11(12,13)14/h4-5,9H,2-3,6,15H2,1H3. The molecule has 0 radical (unpaired) electrons. The fourth-order valence-electron chi connectivity index (χ4n) is 1.85. The quantitative estimate of drug-likeness (QED) is 0.889. The zero-order chi connectivity index (χ0) is 12.6. The minimum absolute atomic E-state index is 0.0357. The summed E-state index contributed by atoms with van der Waals surface area (Å²) in [4.78, 5) is 5.35. The average Bonchev–Trinajstić information content (AvgIpc) is 2.96. The molecule has 1 aromatic heterocycles. The van der Waals surface area contributed by atoms with Crippen molar-refractivity contribution in [3.63, 3.8) is 0 Å². The van der Waals surface area contributed by atoms with Crippen molar-refractivity contribution in [3.8, 4) is 0 Å². The van der Waals surface area contributed by atoms with E-state index in [9.17, 15) is 13.2 Å². The van der Waals surface area contributed by atoms with Crippen molar-refractivity contribution in [2.75, 3.05) is 17.2 Å². The van der Waals surface area contributed by atoms with Gasteiger partial charge in [-0.25, -0.2) is 4.98 Å². The third kappa shape index (κ3) is 3.01. The van der Waals surface area contributed by atoms with Gasteiger partial charge in [-0.05, 0) is 31.4 Å². The molecule has 0 aliphatic heterocycles. The molecule has 0 saturated heterocycles. The van der Waals surface area contributed by atoms with Gasteiger partial charge >= 0.3 is 6.18 Å². The Kier molecular flexibility index (Phi) is 2.89. The van der Waals surface area contributed by atoms with Crippen LogP contribution >= 0.6 is 0 Å². The van der Waals surface area contributed by atoms with E-state index in [2.05, 4.69) is 4.98 Å². The summed E-state index contributed by atoms with van der Waals surface area (Å²) in [6, 6.07) is 1.61. The predicted octanol–water partition coefficient (Wildman–Crippen LogP) is 2.50. The van der Waals surface area contributed by atoms with Crippen LogP contribution in [0.4, 0.5) is 24.7 Å². The lowest BCUT2D eigenvalue weighted by molar-refractivity contribution is -0.120. The fourth-order valence-corrected chi connectivity index (χ4v) is 1.85. The summed E-state index contributed by atoms with van der Waals surface area (Å²) in [5.41, 5.74) is 6.69. The lowest BCUT2D eigenvalue weighted by atomic mass is 10.2. The fraction of sp³-hybridized carbons (Fsp3) is 0.545. The van der Waals surface area contributed by atoms with Gasteiger partial charge in [0, 0.05) is 6.04 Å². The van der Waals surface area contributed by atoms with Gasteiger partial charge in [-0.3, -0.25) is 0 Å². The second-order valence-corrected chi connectivity index (χ2v) is 4.38. The van der Waals surface area contributed by atoms with Gasteiger partial charge in [0.25, 0.3) is 0 Å². The van der Waals surface area contributed by atoms with Crippen LogP contribution in [0.15, 0.2) is 12.3 Å². The number of halogens is 3. The second kappa shape index (κ2) is 4.09. The molecule has 1 aliphatic rings. The van der Waals surface area contributed by atoms with Crippen LogP contribution in [0.5, 0.6) is 0 Å². The van der Waals surface area contributed by atoms with Gasteiger partial charge in [0.05, 0.1) is 11.9 Å². The molecular formula is C11H14F3N3. The Hall–Kier alpha value is -1.46. The predicted molar refractivity (Wildman–Crippen MR) is 59.8 cm³/mol. The number of nitrogens with two attached hydrogens (primary N) is 1. The van der Waals surface area contributed by atoms with Crippen molar-refractivity contribution in [2.45, 2.75) is 32.0 Å². The van der Waals surface area contributed by atoms with E-state index in [1.807, 2.05) is 0 Å². The summed E-state index contributed by atoms with van der Waals surface area (Å²) in [7, 11) is 0. The molecule has 0 unspecified atom stereocenters. The van der Waals surface area contributed by atoms with Crippen LogP contribution in [0.1, 0.15) is 18.4 Å². The first kappa shape index (κ1) is 12.0. The van der Waals surface area contributed by atoms with Crippen molar-refractivity contribution in [1.29, 1.82) is 0 Å². The van der Waals surface area contributed by atoms with Crippen LogP contribution in [0, 0.1) is 6.92 Å². The van der Waals surface area contributed by atoms with Crippen LogP contribution < -0.4 is 10.6 Å². The van der Waals surface area contributed by atoms with E-state index in [0.29, 0.717) is 17.1 Å². The molecule has 0 atom stereocenters. The van der Waals surface area contributed by atoms with Crippen LogP contribution in [-0.2, 0) is 0 Å². The van der Waals surface area contributed by atoms with Crippen LogP contribution in [-0.4, -0.2) is 23.7 Å². The third-order valence-corrected chi connectivity index (χ3v) is 2.68. The van der Waals surface area contributed by atoms with E-state index in [1.165, 1.54) is 11.1 Å². The molecule has 1 fully saturated rings. The maximum atomic E-state index is 12.5. The number of hydrogen-bond donors (Lipinski definition) is 1. The number of aryl methyl sites for hydroxylation is 1. The normalized spacial score (nSPS) is 16.0. The molecule has 6 heteroatoms. The Labute approximate surface area is 97.4 Å². The number of nitrogens with zero attached hydrogens (tertiary/aromatic N) is 2. The number of hydrogen-bond acceptors (Lipinski definition) is 3. The number of alkyl halides is 3. The van der Waals surface area contributed by atoms with Crippen molar-refractivity contribution in [2.24, 2.45) is 0 Å². The smallest absolute Gasteiger partial charge is 0.397 e. The Morgan fingerprint density at radius 1 is 1.47 bits per heavy atom. The largest absolute Gasteiger partial charge is 0.405 e. The first-order valence-electron chi connectivity index (χ1n) is 5.42. The third-order valence-electron chi connectivity index (χ3n) is 2.68. The number of pyridine rings is 1. The highest BCUT2D eigenvalue weighted by Gasteiger charge is 2.39. The Morgan fingerprint density at radius 3 is 2.59 bits per heavy atom. The van der Waals surface area contributed by atoms with Crippen molar-refractivity contribution >= 4 is 11.5 Å². The van der Waals surface area contributed by atoms with Gasteiger partial charge in [-0.15, -0.1) is 0 Å². The molecule has 1 aromatic rings. The first-order chi connectivity index (χ1) is 7.87. The van der Waals surface area contributed by atoms with E-state index in [4.69, 9.17) is 5.73 Å². The molecule has 0 aromatic carbocycles. The van der Waals surface area contributed by atoms with Gasteiger partial charge in [0.15, 0.2) is 0 Å². The number of anilines is 2. The molecule has 0 bridgehead atoms. The summed E-state index contributed by atoms with van der Waals surface area (Å²) in [5.74, 6) is 0.388. The van der Waals surface area contributed by atoms with Crippen LogP contribution in [0.3, 0.4) is 0 Å². The van der Waals surface area contributed by atoms with Gasteiger partial charge in [-0.1, -0.05) is 0 Å². The van der Waals surface area contributed by atoms with E-state index in [-0.39, 0.29) is 6.04 Å². The minimum Gasteiger partial charge on any atom is -0.397 e. The van der Waals surface area contributed by atoms with E-state index in [1.54, 1.807) is 13.0 Å². The molecule has 17 heavy (non-hydrogen) atoms. The van der Waals surface area contributed by atoms with Crippen molar-refractivity contribution in [3.05, 3.63) is 17.8 Å². The van der Waals surface area contributed by atoms with E-state index in [0.717, 1.165) is 12.8 Å². The highest BCUT2D eigenvalue weighted by atomic mass is 19.4. The molecule has 2 rings (SSSR count). The number of rotatable bonds is 3. The number of aromatic nitrogens is 1. The molecule has 1 saturated carbocycles. The molecule has 94 valence electrons. The highest BCUT2D eigenvalue weighted by molar-refractivity contribution is 5.54. The van der Waals surface area contributed by atoms with Crippen LogP contribution in [0.25, 0.3) is 0 Å². The zero-order valence-electron chi connectivity index (χ0n) is 9.46. The summed E-state index contributed by atoms with van der Waals surface area (Å²) < 4.78 is 37.5. The van der Waals surface area contributed by atoms with Gasteiger partial charge in [0.2, 0.25) is 0 Å². The van der Waals surface area contributed by atoms with Crippen LogP contribution in [0.2, 0.25) is 0 Å². The maximum absolute atomic E-state index is 12.5. The SMILES string of the molecule is Cc1cc(N)cnc1N(CC(F)(F)F)C1CC1. The molecular weight excluding hydrogens is 231 g/mol. The highest BCUT2D eigenvalue weighted by Crippen LogP contribution is 2.35. The van der Waals surface area contributed by atoms with E-state index < -0.39 is 12.7 Å². The monoisotopic (exact) mass is 245 g/mol. The lowest BCUT2D eigenvalue weighted by Crippen LogP contribution is -2.37. The van der Waals surface area contributed by atoms with Crippen molar-refractivity contribution < 1.29 is 13.2 Å². The van der Waals surface area contributed by atoms with Gasteiger partial charge in [0.1, 0.15) is 12.4 Å². The Morgan fingerprint density at radius 2 is 2.12 bits per heavy atom. The molecule has 0 spiro atoms. The van der Waals surface area contributed by atoms with Gasteiger partial charge in [-0.2, -0.15) is 13.2 Å². The lowest BCUT2D eigenvalue weighted by Gasteiger charge is -2.26. The summed E-state index contributed by atoms with van der Waals surface area (Å²) in [6.45, 7) is 0.778. The maximum Gasteiger partial charge on any atom is 0.405 e. The van der Waals surface area contributed by atoms with Gasteiger partial charge < -0.3 is 10.6 Å². The Balaban J connectivity index is 2.26. The summed E-state index contributed by atoms with van der Waals surface area (Å²) in [5, 5.41) is 0. The topological polar surface area (TPSA) is 42.1 Å². The average molecular weight is 245 g/mol. The molecule has 1 aliphatic carbocycles. The van der Waals surface area contributed by atoms with Crippen molar-refractivity contribution in [1.82, 2.24) is 4.98 Å². The van der Waals surface area contributed by atoms with E-state index >= 15 is 0 Å². The first-order valence-corrected chi connectivity index (χ1v) is 5.42. The Bertz CT molecular complexity index is 413.